The van der Waals surface area contributed by atoms with Crippen LogP contribution in [0.15, 0.2) is 48.6 Å². The molecule has 0 aliphatic heterocycles. The van der Waals surface area contributed by atoms with E-state index in [9.17, 15) is 24.2 Å². The molecule has 0 aromatic carbocycles. The number of rotatable bonds is 43. The highest BCUT2D eigenvalue weighted by Crippen LogP contribution is 2.43. The standard InChI is InChI=1S/C47H86NO9P/c1-3-5-7-8-9-10-11-12-13-14-15-16-17-18-21-24-27-30-34-38-46(50)54-42-45(43-56-58(52,53)55-41-40-48)57-47(51)39-35-31-28-25-22-19-20-23-26-29-33-37-44(49)36-32-6-4-2/h19-20,25-26,28-29,33,37,44-45,49H,3-18,21-24,27,30-32,34-36,38-43,48H2,1-2H3,(H,52,53)/b20-19-,28-25-,29-26-,37-33+/t44-,45+/m0/s1. The Hall–Kier alpha value is -2.07. The molecular weight excluding hydrogens is 753 g/mol. The summed E-state index contributed by atoms with van der Waals surface area (Å²) in [6.07, 6.45) is 46.2. The lowest BCUT2D eigenvalue weighted by atomic mass is 10.0. The van der Waals surface area contributed by atoms with Gasteiger partial charge in [0.2, 0.25) is 0 Å². The summed E-state index contributed by atoms with van der Waals surface area (Å²) in [6.45, 7) is 3.55. The van der Waals surface area contributed by atoms with E-state index in [1.54, 1.807) is 0 Å². The van der Waals surface area contributed by atoms with Crippen molar-refractivity contribution in [3.05, 3.63) is 48.6 Å². The summed E-state index contributed by atoms with van der Waals surface area (Å²) in [5.41, 5.74) is 5.35. The second kappa shape index (κ2) is 43.0. The van der Waals surface area contributed by atoms with Crippen LogP contribution < -0.4 is 5.73 Å². The number of ether oxygens (including phenoxy) is 2. The molecule has 58 heavy (non-hydrogen) atoms. The van der Waals surface area contributed by atoms with E-state index in [0.29, 0.717) is 12.8 Å². The number of phosphoric acid groups is 1. The zero-order valence-electron chi connectivity index (χ0n) is 36.9. The predicted molar refractivity (Wildman–Crippen MR) is 239 cm³/mol. The number of aliphatic hydroxyl groups is 1. The Bertz CT molecular complexity index is 1110. The highest BCUT2D eigenvalue weighted by atomic mass is 31.2. The number of carbonyl (C=O) groups is 2. The van der Waals surface area contributed by atoms with Crippen LogP contribution in [0.5, 0.6) is 0 Å². The van der Waals surface area contributed by atoms with E-state index in [-0.39, 0.29) is 38.7 Å². The van der Waals surface area contributed by atoms with Gasteiger partial charge in [-0.1, -0.05) is 197 Å². The molecule has 3 atom stereocenters. The van der Waals surface area contributed by atoms with Crippen LogP contribution in [0.25, 0.3) is 0 Å². The predicted octanol–water partition coefficient (Wildman–Crippen LogP) is 12.5. The Balaban J connectivity index is 4.21. The van der Waals surface area contributed by atoms with Gasteiger partial charge in [-0.15, -0.1) is 0 Å². The van der Waals surface area contributed by atoms with E-state index in [4.69, 9.17) is 24.3 Å². The first-order chi connectivity index (χ1) is 28.2. The molecule has 1 unspecified atom stereocenters. The molecule has 11 heteroatoms. The van der Waals surface area contributed by atoms with Gasteiger partial charge < -0.3 is 25.2 Å². The fourth-order valence-electron chi connectivity index (χ4n) is 6.33. The van der Waals surface area contributed by atoms with Gasteiger partial charge in [0, 0.05) is 19.4 Å². The topological polar surface area (TPSA) is 155 Å². The first kappa shape index (κ1) is 55.9. The van der Waals surface area contributed by atoms with Crippen LogP contribution in [0.3, 0.4) is 0 Å². The maximum atomic E-state index is 12.6. The molecule has 0 heterocycles. The van der Waals surface area contributed by atoms with Crippen molar-refractivity contribution in [2.45, 2.75) is 212 Å². The average molecular weight is 840 g/mol. The molecular formula is C47H86NO9P. The van der Waals surface area contributed by atoms with E-state index in [1.165, 1.54) is 103 Å². The molecule has 0 spiro atoms. The molecule has 10 nitrogen and oxygen atoms in total. The minimum absolute atomic E-state index is 0.0368. The van der Waals surface area contributed by atoms with Gasteiger partial charge in [-0.05, 0) is 38.5 Å². The maximum absolute atomic E-state index is 12.6. The fourth-order valence-corrected chi connectivity index (χ4v) is 7.09. The molecule has 338 valence electrons. The van der Waals surface area contributed by atoms with Crippen LogP contribution in [0.1, 0.15) is 200 Å². The summed E-state index contributed by atoms with van der Waals surface area (Å²) in [4.78, 5) is 34.9. The zero-order valence-corrected chi connectivity index (χ0v) is 37.8. The molecule has 0 amide bonds. The molecule has 0 bridgehead atoms. The molecule has 0 fully saturated rings. The average Bonchev–Trinajstić information content (AvgIpc) is 3.20. The third kappa shape index (κ3) is 42.1. The zero-order chi connectivity index (χ0) is 42.6. The van der Waals surface area contributed by atoms with Crippen LogP contribution in [-0.2, 0) is 32.7 Å². The molecule has 0 rings (SSSR count). The maximum Gasteiger partial charge on any atom is 0.472 e. The van der Waals surface area contributed by atoms with E-state index >= 15 is 0 Å². The summed E-state index contributed by atoms with van der Waals surface area (Å²) in [7, 11) is -4.40. The monoisotopic (exact) mass is 840 g/mol. The van der Waals surface area contributed by atoms with E-state index in [0.717, 1.165) is 57.8 Å². The van der Waals surface area contributed by atoms with Gasteiger partial charge in [0.25, 0.3) is 0 Å². The van der Waals surface area contributed by atoms with E-state index in [1.807, 2.05) is 36.5 Å². The van der Waals surface area contributed by atoms with Crippen LogP contribution in [0, 0.1) is 0 Å². The van der Waals surface area contributed by atoms with Crippen molar-refractivity contribution in [1.82, 2.24) is 0 Å². The lowest BCUT2D eigenvalue weighted by Crippen LogP contribution is -2.29. The number of allylic oxidation sites excluding steroid dienone is 7. The van der Waals surface area contributed by atoms with Crippen LogP contribution in [0.4, 0.5) is 0 Å². The van der Waals surface area contributed by atoms with Crippen molar-refractivity contribution >= 4 is 19.8 Å². The molecule has 0 saturated carbocycles. The first-order valence-corrected chi connectivity index (χ1v) is 24.7. The molecule has 0 aromatic rings. The first-order valence-electron chi connectivity index (χ1n) is 23.2. The van der Waals surface area contributed by atoms with Crippen LogP contribution >= 0.6 is 7.82 Å². The van der Waals surface area contributed by atoms with Gasteiger partial charge in [0.05, 0.1) is 19.3 Å². The molecule has 4 N–H and O–H groups in total. The second-order valence-corrected chi connectivity index (χ2v) is 16.9. The highest BCUT2D eigenvalue weighted by Gasteiger charge is 2.26. The van der Waals surface area contributed by atoms with Gasteiger partial charge in [-0.3, -0.25) is 18.6 Å². The minimum atomic E-state index is -4.40. The van der Waals surface area contributed by atoms with Crippen molar-refractivity contribution in [2.75, 3.05) is 26.4 Å². The summed E-state index contributed by atoms with van der Waals surface area (Å²) in [6, 6.07) is 0. The van der Waals surface area contributed by atoms with Gasteiger partial charge in [-0.25, -0.2) is 4.57 Å². The number of aliphatic hydroxyl groups excluding tert-OH is 1. The summed E-state index contributed by atoms with van der Waals surface area (Å²) >= 11 is 0. The van der Waals surface area contributed by atoms with E-state index in [2.05, 4.69) is 26.0 Å². The number of hydrogen-bond donors (Lipinski definition) is 3. The number of hydrogen-bond acceptors (Lipinski definition) is 9. The fraction of sp³-hybridized carbons (Fsp3) is 0.787. The number of phosphoric ester groups is 1. The Morgan fingerprint density at radius 1 is 0.603 bits per heavy atom. The lowest BCUT2D eigenvalue weighted by molar-refractivity contribution is -0.161. The van der Waals surface area contributed by atoms with Gasteiger partial charge in [0.15, 0.2) is 6.10 Å². The van der Waals surface area contributed by atoms with Crippen LogP contribution in [0.2, 0.25) is 0 Å². The molecule has 0 aliphatic carbocycles. The Labute approximate surface area is 354 Å². The SMILES string of the molecule is CCCCCCCCCCCCCCCCCCCCCC(=O)OC[C@H](COP(=O)(O)OCCN)OC(=O)CCC/C=C\C/C=C\C/C=C\C=C\[C@@H](O)CCCCC. The van der Waals surface area contributed by atoms with Crippen molar-refractivity contribution in [3.63, 3.8) is 0 Å². The minimum Gasteiger partial charge on any atom is -0.462 e. The number of esters is 2. The summed E-state index contributed by atoms with van der Waals surface area (Å²) < 4.78 is 32.7. The van der Waals surface area contributed by atoms with E-state index < -0.39 is 32.5 Å². The Morgan fingerprint density at radius 3 is 1.67 bits per heavy atom. The van der Waals surface area contributed by atoms with Gasteiger partial charge >= 0.3 is 19.8 Å². The third-order valence-corrected chi connectivity index (χ3v) is 10.8. The van der Waals surface area contributed by atoms with Crippen molar-refractivity contribution in [3.8, 4) is 0 Å². The van der Waals surface area contributed by atoms with Gasteiger partial charge in [-0.2, -0.15) is 0 Å². The summed E-state index contributed by atoms with van der Waals surface area (Å²) in [5, 5.41) is 9.90. The smallest absolute Gasteiger partial charge is 0.462 e. The normalized spacial score (nSPS) is 14.2. The number of nitrogens with two attached hydrogens (primary N) is 1. The van der Waals surface area contributed by atoms with Crippen molar-refractivity contribution < 1.29 is 42.7 Å². The summed E-state index contributed by atoms with van der Waals surface area (Å²) in [5.74, 6) is -0.915. The number of unbranched alkanes of at least 4 members (excludes halogenated alkanes) is 21. The second-order valence-electron chi connectivity index (χ2n) is 15.5. The quantitative estimate of drug-likeness (QED) is 0.0178. The molecule has 0 aliphatic rings. The largest absolute Gasteiger partial charge is 0.472 e. The molecule has 0 saturated heterocycles. The molecule has 0 radical (unpaired) electrons. The lowest BCUT2D eigenvalue weighted by Gasteiger charge is -2.19. The van der Waals surface area contributed by atoms with Crippen molar-refractivity contribution in [2.24, 2.45) is 5.73 Å². The van der Waals surface area contributed by atoms with Gasteiger partial charge in [0.1, 0.15) is 6.61 Å². The highest BCUT2D eigenvalue weighted by molar-refractivity contribution is 7.47. The number of carbonyl (C=O) groups excluding carboxylic acids is 2. The molecule has 0 aromatic heterocycles. The Morgan fingerprint density at radius 2 is 1.10 bits per heavy atom. The Kier molecular flexibility index (Phi) is 41.5. The van der Waals surface area contributed by atoms with Crippen LogP contribution in [-0.4, -0.2) is 60.5 Å². The third-order valence-electron chi connectivity index (χ3n) is 9.82. The van der Waals surface area contributed by atoms with Crippen molar-refractivity contribution in [1.29, 1.82) is 0 Å².